The predicted molar refractivity (Wildman–Crippen MR) is 129 cm³/mol. The molecule has 0 aliphatic rings. The van der Waals surface area contributed by atoms with Gasteiger partial charge in [0.1, 0.15) is 12.4 Å². The number of hydrogen-bond acceptors (Lipinski definition) is 5. The summed E-state index contributed by atoms with van der Waals surface area (Å²) >= 11 is 0. The normalized spacial score (nSPS) is 9.76. The van der Waals surface area contributed by atoms with Crippen molar-refractivity contribution < 1.29 is 23.9 Å². The van der Waals surface area contributed by atoms with Gasteiger partial charge in [0.15, 0.2) is 5.78 Å². The molecule has 0 spiro atoms. The lowest BCUT2D eigenvalue weighted by Gasteiger charge is -2.06. The molecule has 5 heteroatoms. The number of carbonyl (C=O) groups excluding carboxylic acids is 3. The maximum atomic E-state index is 12.4. The summed E-state index contributed by atoms with van der Waals surface area (Å²) in [5.74, 6) is 5.47. The van der Waals surface area contributed by atoms with Crippen molar-refractivity contribution in [2.75, 3.05) is 0 Å². The Bertz CT molecular complexity index is 1260. The average Bonchev–Trinajstić information content (AvgIpc) is 2.87. The third-order valence-corrected chi connectivity index (χ3v) is 4.71. The fourth-order valence-electron chi connectivity index (χ4n) is 2.85. The minimum Gasteiger partial charge on any atom is -0.458 e. The van der Waals surface area contributed by atoms with E-state index in [0.29, 0.717) is 17.7 Å². The standard InChI is InChI=1S/C29H22O5/c1-3-26(30)19-23-9-7-21(8-10-23)5-6-22-11-15-25(16-12-22)29(32)34-27-17-13-24(14-18-27)20-33-28(31)4-2/h3-4,7-18H,1-2,19-20H2. The van der Waals surface area contributed by atoms with Crippen LogP contribution in [-0.4, -0.2) is 17.7 Å². The summed E-state index contributed by atoms with van der Waals surface area (Å²) in [5.41, 5.74) is 3.63. The van der Waals surface area contributed by atoms with Gasteiger partial charge in [-0.05, 0) is 65.7 Å². The Morgan fingerprint density at radius 3 is 1.85 bits per heavy atom. The molecule has 3 aromatic carbocycles. The molecule has 0 heterocycles. The molecule has 0 N–H and O–H groups in total. The molecule has 34 heavy (non-hydrogen) atoms. The number of ether oxygens (including phenoxy) is 2. The van der Waals surface area contributed by atoms with Gasteiger partial charge in [-0.15, -0.1) is 0 Å². The number of allylic oxidation sites excluding steroid dienone is 1. The fraction of sp³-hybridized carbons (Fsp3) is 0.0690. The number of benzene rings is 3. The molecule has 168 valence electrons. The Morgan fingerprint density at radius 2 is 1.29 bits per heavy atom. The maximum Gasteiger partial charge on any atom is 0.343 e. The summed E-state index contributed by atoms with van der Waals surface area (Å²) in [4.78, 5) is 34.9. The van der Waals surface area contributed by atoms with Crippen LogP contribution in [-0.2, 0) is 27.4 Å². The maximum absolute atomic E-state index is 12.4. The van der Waals surface area contributed by atoms with E-state index in [1.54, 1.807) is 48.5 Å². The van der Waals surface area contributed by atoms with Crippen molar-refractivity contribution in [3.05, 3.63) is 126 Å². The van der Waals surface area contributed by atoms with Crippen LogP contribution in [0.5, 0.6) is 5.75 Å². The van der Waals surface area contributed by atoms with Crippen LogP contribution in [0.25, 0.3) is 0 Å². The van der Waals surface area contributed by atoms with Crippen LogP contribution in [0.3, 0.4) is 0 Å². The highest BCUT2D eigenvalue weighted by atomic mass is 16.5. The van der Waals surface area contributed by atoms with Crippen molar-refractivity contribution in [3.63, 3.8) is 0 Å². The summed E-state index contributed by atoms with van der Waals surface area (Å²) in [6, 6.07) is 20.9. The predicted octanol–water partition coefficient (Wildman–Crippen LogP) is 4.83. The van der Waals surface area contributed by atoms with E-state index in [9.17, 15) is 14.4 Å². The molecular formula is C29H22O5. The Kier molecular flexibility index (Phi) is 8.31. The van der Waals surface area contributed by atoms with E-state index in [2.05, 4.69) is 25.0 Å². The molecule has 5 nitrogen and oxygen atoms in total. The highest BCUT2D eigenvalue weighted by Gasteiger charge is 2.09. The molecule has 0 atom stereocenters. The van der Waals surface area contributed by atoms with Gasteiger partial charge in [-0.2, -0.15) is 0 Å². The Labute approximate surface area is 198 Å². The third kappa shape index (κ3) is 7.18. The number of hydrogen-bond donors (Lipinski definition) is 0. The van der Waals surface area contributed by atoms with E-state index in [0.717, 1.165) is 28.3 Å². The highest BCUT2D eigenvalue weighted by Crippen LogP contribution is 2.15. The lowest BCUT2D eigenvalue weighted by atomic mass is 10.1. The van der Waals surface area contributed by atoms with Crippen LogP contribution in [0.2, 0.25) is 0 Å². The SMILES string of the molecule is C=CC(=O)Cc1ccc(C#Cc2ccc(C(=O)Oc3ccc(COC(=O)C=C)cc3)cc2)cc1. The van der Waals surface area contributed by atoms with E-state index in [1.807, 2.05) is 24.3 Å². The Hall–Kier alpha value is -4.69. The van der Waals surface area contributed by atoms with E-state index >= 15 is 0 Å². The van der Waals surface area contributed by atoms with Crippen LogP contribution in [0, 0.1) is 11.8 Å². The summed E-state index contributed by atoms with van der Waals surface area (Å²) in [5, 5.41) is 0. The van der Waals surface area contributed by atoms with Gasteiger partial charge in [-0.25, -0.2) is 9.59 Å². The first-order valence-corrected chi connectivity index (χ1v) is 10.4. The molecule has 3 rings (SSSR count). The quantitative estimate of drug-likeness (QED) is 0.213. The van der Waals surface area contributed by atoms with Crippen molar-refractivity contribution in [2.24, 2.45) is 0 Å². The average molecular weight is 450 g/mol. The van der Waals surface area contributed by atoms with Crippen molar-refractivity contribution in [3.8, 4) is 17.6 Å². The number of carbonyl (C=O) groups is 3. The lowest BCUT2D eigenvalue weighted by Crippen LogP contribution is -2.08. The molecule has 0 saturated carbocycles. The summed E-state index contributed by atoms with van der Waals surface area (Å²) in [6.45, 7) is 6.93. The first-order chi connectivity index (χ1) is 16.5. The third-order valence-electron chi connectivity index (χ3n) is 4.71. The van der Waals surface area contributed by atoms with Gasteiger partial charge < -0.3 is 9.47 Å². The summed E-state index contributed by atoms with van der Waals surface area (Å²) in [7, 11) is 0. The van der Waals surface area contributed by atoms with Crippen LogP contribution in [0.4, 0.5) is 0 Å². The van der Waals surface area contributed by atoms with E-state index in [4.69, 9.17) is 9.47 Å². The molecule has 0 fully saturated rings. The second kappa shape index (κ2) is 11.8. The van der Waals surface area contributed by atoms with Crippen molar-refractivity contribution in [1.29, 1.82) is 0 Å². The largest absolute Gasteiger partial charge is 0.458 e. The zero-order valence-corrected chi connectivity index (χ0v) is 18.5. The first kappa shape index (κ1) is 24.0. The molecule has 3 aromatic rings. The van der Waals surface area contributed by atoms with E-state index in [-0.39, 0.29) is 12.4 Å². The lowest BCUT2D eigenvalue weighted by molar-refractivity contribution is -0.139. The van der Waals surface area contributed by atoms with Crippen LogP contribution >= 0.6 is 0 Å². The summed E-state index contributed by atoms with van der Waals surface area (Å²) < 4.78 is 10.3. The molecule has 0 radical (unpaired) electrons. The number of ketones is 1. The van der Waals surface area contributed by atoms with Gasteiger partial charge in [-0.1, -0.05) is 49.3 Å². The highest BCUT2D eigenvalue weighted by molar-refractivity contribution is 5.91. The van der Waals surface area contributed by atoms with Crippen LogP contribution in [0.1, 0.15) is 32.6 Å². The van der Waals surface area contributed by atoms with Gasteiger partial charge in [0.2, 0.25) is 0 Å². The smallest absolute Gasteiger partial charge is 0.343 e. The molecule has 0 aliphatic heterocycles. The van der Waals surface area contributed by atoms with E-state index < -0.39 is 11.9 Å². The van der Waals surface area contributed by atoms with E-state index in [1.165, 1.54) is 6.08 Å². The molecule has 0 aromatic heterocycles. The topological polar surface area (TPSA) is 69.7 Å². The van der Waals surface area contributed by atoms with Crippen molar-refractivity contribution in [2.45, 2.75) is 13.0 Å². The number of esters is 2. The molecule has 0 unspecified atom stereocenters. The zero-order valence-electron chi connectivity index (χ0n) is 18.5. The first-order valence-electron chi connectivity index (χ1n) is 10.4. The second-order valence-corrected chi connectivity index (χ2v) is 7.22. The van der Waals surface area contributed by atoms with Gasteiger partial charge in [0.05, 0.1) is 5.56 Å². The van der Waals surface area contributed by atoms with Gasteiger partial charge >= 0.3 is 11.9 Å². The Balaban J connectivity index is 1.56. The summed E-state index contributed by atoms with van der Waals surface area (Å²) in [6.07, 6.45) is 2.74. The van der Waals surface area contributed by atoms with Crippen LogP contribution < -0.4 is 4.74 Å². The molecule has 0 amide bonds. The van der Waals surface area contributed by atoms with Gasteiger partial charge in [0, 0.05) is 23.6 Å². The molecule has 0 bridgehead atoms. The van der Waals surface area contributed by atoms with Gasteiger partial charge in [-0.3, -0.25) is 4.79 Å². The molecular weight excluding hydrogens is 428 g/mol. The van der Waals surface area contributed by atoms with Crippen molar-refractivity contribution in [1.82, 2.24) is 0 Å². The van der Waals surface area contributed by atoms with Gasteiger partial charge in [0.25, 0.3) is 0 Å². The minimum atomic E-state index is -0.501. The minimum absolute atomic E-state index is 0.0268. The zero-order chi connectivity index (χ0) is 24.3. The number of rotatable bonds is 8. The monoisotopic (exact) mass is 450 g/mol. The van der Waals surface area contributed by atoms with Crippen LogP contribution in [0.15, 0.2) is 98.1 Å². The van der Waals surface area contributed by atoms with Crippen molar-refractivity contribution >= 4 is 17.7 Å². The Morgan fingerprint density at radius 1 is 0.735 bits per heavy atom. The molecule has 0 aliphatic carbocycles. The second-order valence-electron chi connectivity index (χ2n) is 7.22. The molecule has 0 saturated heterocycles. The fourth-order valence-corrected chi connectivity index (χ4v) is 2.85.